The number of benzene rings is 1. The van der Waals surface area contributed by atoms with Gasteiger partial charge in [0.1, 0.15) is 5.75 Å². The molecule has 0 saturated heterocycles. The van der Waals surface area contributed by atoms with Gasteiger partial charge in [0.25, 0.3) is 0 Å². The summed E-state index contributed by atoms with van der Waals surface area (Å²) < 4.78 is 5.15. The zero-order chi connectivity index (χ0) is 14.3. The minimum absolute atomic E-state index is 0. The molecule has 1 aromatic rings. The molecule has 0 aromatic heterocycles. The lowest BCUT2D eigenvalue weighted by Crippen LogP contribution is -2.36. The van der Waals surface area contributed by atoms with E-state index in [1.807, 2.05) is 26.0 Å². The van der Waals surface area contributed by atoms with Crippen LogP contribution in [0.15, 0.2) is 29.3 Å². The van der Waals surface area contributed by atoms with Crippen molar-refractivity contribution in [1.82, 2.24) is 5.32 Å². The molecule has 1 aromatic carbocycles. The van der Waals surface area contributed by atoms with Gasteiger partial charge in [0, 0.05) is 12.6 Å². The lowest BCUT2D eigenvalue weighted by atomic mass is 9.98. The average molecular weight is 391 g/mol. The van der Waals surface area contributed by atoms with E-state index in [9.17, 15) is 0 Å². The lowest BCUT2D eigenvalue weighted by molar-refractivity contribution is 0.414. The monoisotopic (exact) mass is 391 g/mol. The smallest absolute Gasteiger partial charge is 0.188 e. The summed E-state index contributed by atoms with van der Waals surface area (Å²) in [7, 11) is 1.68. The Balaban J connectivity index is 0.00000361. The topological polar surface area (TPSA) is 59.6 Å². The lowest BCUT2D eigenvalue weighted by Gasteiger charge is -2.12. The van der Waals surface area contributed by atoms with Crippen LogP contribution in [0.2, 0.25) is 0 Å². The van der Waals surface area contributed by atoms with Gasteiger partial charge in [-0.2, -0.15) is 0 Å². The number of guanidine groups is 1. The molecule has 0 aliphatic rings. The third-order valence-corrected chi connectivity index (χ3v) is 2.97. The first-order chi connectivity index (χ1) is 9.02. The third-order valence-electron chi connectivity index (χ3n) is 2.97. The number of hydrogen-bond donors (Lipinski definition) is 2. The van der Waals surface area contributed by atoms with Crippen LogP contribution < -0.4 is 15.8 Å². The van der Waals surface area contributed by atoms with E-state index in [0.29, 0.717) is 17.9 Å². The highest BCUT2D eigenvalue weighted by atomic mass is 127. The fourth-order valence-corrected chi connectivity index (χ4v) is 1.82. The van der Waals surface area contributed by atoms with E-state index >= 15 is 0 Å². The number of rotatable bonds is 6. The second-order valence-corrected chi connectivity index (χ2v) is 5.03. The number of nitrogens with zero attached hydrogens (tertiary/aromatic N) is 1. The second-order valence-electron chi connectivity index (χ2n) is 5.03. The van der Waals surface area contributed by atoms with Crippen molar-refractivity contribution in [3.05, 3.63) is 29.8 Å². The van der Waals surface area contributed by atoms with Gasteiger partial charge < -0.3 is 15.8 Å². The predicted molar refractivity (Wildman–Crippen MR) is 96.2 cm³/mol. The normalized spacial score (nSPS) is 12.8. The van der Waals surface area contributed by atoms with Crippen LogP contribution in [0.3, 0.4) is 0 Å². The SMILES string of the molecule is COc1ccc(C(C)CCN=C(N)NC(C)C)cc1.I. The van der Waals surface area contributed by atoms with Gasteiger partial charge in [0.15, 0.2) is 5.96 Å². The van der Waals surface area contributed by atoms with Crippen LogP contribution in [0, 0.1) is 0 Å². The van der Waals surface area contributed by atoms with E-state index in [2.05, 4.69) is 29.4 Å². The van der Waals surface area contributed by atoms with E-state index in [4.69, 9.17) is 10.5 Å². The van der Waals surface area contributed by atoms with E-state index in [0.717, 1.165) is 18.7 Å². The summed E-state index contributed by atoms with van der Waals surface area (Å²) in [5, 5.41) is 3.08. The maximum absolute atomic E-state index is 5.76. The van der Waals surface area contributed by atoms with Crippen LogP contribution in [0.4, 0.5) is 0 Å². The van der Waals surface area contributed by atoms with Crippen molar-refractivity contribution in [3.63, 3.8) is 0 Å². The maximum Gasteiger partial charge on any atom is 0.188 e. The van der Waals surface area contributed by atoms with Gasteiger partial charge in [0.2, 0.25) is 0 Å². The first-order valence-corrected chi connectivity index (χ1v) is 6.73. The predicted octanol–water partition coefficient (Wildman–Crippen LogP) is 3.12. The molecule has 1 rings (SSSR count). The third kappa shape index (κ3) is 6.98. The minimum Gasteiger partial charge on any atom is -0.497 e. The number of nitrogens with one attached hydrogen (secondary N) is 1. The molecule has 114 valence electrons. The molecular formula is C15H26IN3O. The molecule has 0 aliphatic heterocycles. The summed E-state index contributed by atoms with van der Waals surface area (Å²) in [4.78, 5) is 4.32. The highest BCUT2D eigenvalue weighted by Gasteiger charge is 2.05. The van der Waals surface area contributed by atoms with Crippen LogP contribution in [0.5, 0.6) is 5.75 Å². The molecule has 0 radical (unpaired) electrons. The van der Waals surface area contributed by atoms with Crippen molar-refractivity contribution in [1.29, 1.82) is 0 Å². The number of nitrogens with two attached hydrogens (primary N) is 1. The molecule has 1 unspecified atom stereocenters. The van der Waals surface area contributed by atoms with Gasteiger partial charge in [-0.15, -0.1) is 24.0 Å². The molecule has 0 fully saturated rings. The van der Waals surface area contributed by atoms with E-state index in [-0.39, 0.29) is 24.0 Å². The summed E-state index contributed by atoms with van der Waals surface area (Å²) in [6, 6.07) is 8.50. The zero-order valence-electron chi connectivity index (χ0n) is 12.7. The Hall–Kier alpha value is -0.980. The Labute approximate surface area is 139 Å². The summed E-state index contributed by atoms with van der Waals surface area (Å²) in [6.07, 6.45) is 0.979. The van der Waals surface area contributed by atoms with Crippen molar-refractivity contribution < 1.29 is 4.74 Å². The highest BCUT2D eigenvalue weighted by molar-refractivity contribution is 14.0. The summed E-state index contributed by atoms with van der Waals surface area (Å²) in [6.45, 7) is 7.02. The standard InChI is InChI=1S/C15H25N3O.HI/c1-11(2)18-15(16)17-10-9-12(3)13-5-7-14(19-4)8-6-13;/h5-8,11-12H,9-10H2,1-4H3,(H3,16,17,18);1H. The van der Waals surface area contributed by atoms with Gasteiger partial charge >= 0.3 is 0 Å². The van der Waals surface area contributed by atoms with Gasteiger partial charge in [0.05, 0.1) is 7.11 Å². The van der Waals surface area contributed by atoms with Gasteiger partial charge in [-0.1, -0.05) is 19.1 Å². The average Bonchev–Trinajstić information content (AvgIpc) is 2.37. The molecule has 0 spiro atoms. The van der Waals surface area contributed by atoms with Crippen LogP contribution >= 0.6 is 24.0 Å². The molecule has 20 heavy (non-hydrogen) atoms. The van der Waals surface area contributed by atoms with Crippen LogP contribution in [0.1, 0.15) is 38.7 Å². The van der Waals surface area contributed by atoms with Crippen molar-refractivity contribution in [3.8, 4) is 5.75 Å². The Morgan fingerprint density at radius 2 is 1.85 bits per heavy atom. The van der Waals surface area contributed by atoms with Gasteiger partial charge in [-0.25, -0.2) is 0 Å². The van der Waals surface area contributed by atoms with Crippen LogP contribution in [-0.4, -0.2) is 25.7 Å². The van der Waals surface area contributed by atoms with Crippen LogP contribution in [0.25, 0.3) is 0 Å². The molecule has 5 heteroatoms. The zero-order valence-corrected chi connectivity index (χ0v) is 15.0. The van der Waals surface area contributed by atoms with E-state index in [1.54, 1.807) is 7.11 Å². The number of halogens is 1. The Morgan fingerprint density at radius 3 is 2.35 bits per heavy atom. The quantitative estimate of drug-likeness (QED) is 0.445. The molecule has 0 heterocycles. The molecule has 0 aliphatic carbocycles. The number of methoxy groups -OCH3 is 1. The van der Waals surface area contributed by atoms with E-state index in [1.165, 1.54) is 5.56 Å². The van der Waals surface area contributed by atoms with Crippen molar-refractivity contribution in [2.45, 2.75) is 39.2 Å². The molecule has 4 nitrogen and oxygen atoms in total. The Bertz CT molecular complexity index is 404. The number of ether oxygens (including phenoxy) is 1. The minimum atomic E-state index is 0. The highest BCUT2D eigenvalue weighted by Crippen LogP contribution is 2.21. The van der Waals surface area contributed by atoms with E-state index < -0.39 is 0 Å². The number of hydrogen-bond acceptors (Lipinski definition) is 2. The van der Waals surface area contributed by atoms with Gasteiger partial charge in [-0.3, -0.25) is 4.99 Å². The van der Waals surface area contributed by atoms with Crippen molar-refractivity contribution in [2.75, 3.05) is 13.7 Å². The second kappa shape index (κ2) is 9.85. The first kappa shape index (κ1) is 19.0. The molecule has 0 bridgehead atoms. The Morgan fingerprint density at radius 1 is 1.25 bits per heavy atom. The fourth-order valence-electron chi connectivity index (χ4n) is 1.82. The molecule has 0 saturated carbocycles. The Kier molecular flexibility index (Phi) is 9.37. The molecule has 3 N–H and O–H groups in total. The van der Waals surface area contributed by atoms with Crippen molar-refractivity contribution in [2.24, 2.45) is 10.7 Å². The number of aliphatic imine (C=N–C) groups is 1. The summed E-state index contributed by atoms with van der Waals surface area (Å²) in [5.41, 5.74) is 7.06. The largest absolute Gasteiger partial charge is 0.497 e. The van der Waals surface area contributed by atoms with Crippen molar-refractivity contribution >= 4 is 29.9 Å². The molecule has 0 amide bonds. The summed E-state index contributed by atoms with van der Waals surface area (Å²) >= 11 is 0. The van der Waals surface area contributed by atoms with Crippen LogP contribution in [-0.2, 0) is 0 Å². The molecule has 1 atom stereocenters. The van der Waals surface area contributed by atoms with Gasteiger partial charge in [-0.05, 0) is 43.9 Å². The molecular weight excluding hydrogens is 365 g/mol. The maximum atomic E-state index is 5.76. The fraction of sp³-hybridized carbons (Fsp3) is 0.533. The first-order valence-electron chi connectivity index (χ1n) is 6.73. The summed E-state index contributed by atoms with van der Waals surface area (Å²) in [5.74, 6) is 1.87.